The minimum absolute atomic E-state index is 0.157. The fraction of sp³-hybridized carbons (Fsp3) is 0.400. The molecule has 2 aromatic heterocycles. The number of ether oxygens (including phenoxy) is 2. The first-order valence-electron chi connectivity index (χ1n) is 9.64. The lowest BCUT2D eigenvalue weighted by atomic mass is 10.1. The average molecular weight is 467 g/mol. The zero-order chi connectivity index (χ0) is 23.8. The number of phosphoric acid groups is 1. The van der Waals surface area contributed by atoms with Crippen LogP contribution in [0.25, 0.3) is 0 Å². The van der Waals surface area contributed by atoms with Gasteiger partial charge in [-0.3, -0.25) is 14.5 Å². The van der Waals surface area contributed by atoms with Crippen LogP contribution in [0.4, 0.5) is 0 Å². The van der Waals surface area contributed by atoms with Gasteiger partial charge in [0.1, 0.15) is 25.4 Å². The van der Waals surface area contributed by atoms with E-state index in [0.29, 0.717) is 4.48 Å². The summed E-state index contributed by atoms with van der Waals surface area (Å²) in [4.78, 5) is 53.0. The predicted molar refractivity (Wildman–Crippen MR) is 110 cm³/mol. The standard InChI is InChI=1S/C20H26N3O8P/c1-23(2,3)13-17(31-32(26,27)28)10-18(30-20(25)16-7-5-9-22-12-16)14-29-19(24)15-6-4-8-21-11-15/h4-9,11-12,17-18H,10,13-14H2,1-3H3,(H-,26,27,28). The lowest BCUT2D eigenvalue weighted by molar-refractivity contribution is -0.873. The number of hydrogen-bond donors (Lipinski definition) is 1. The number of carbonyl (C=O) groups is 2. The molecular weight excluding hydrogens is 441 g/mol. The zero-order valence-corrected chi connectivity index (χ0v) is 18.9. The van der Waals surface area contributed by atoms with Crippen LogP contribution < -0.4 is 4.89 Å². The first-order valence-corrected chi connectivity index (χ1v) is 11.1. The van der Waals surface area contributed by atoms with Crippen molar-refractivity contribution in [2.45, 2.75) is 18.6 Å². The van der Waals surface area contributed by atoms with Crippen molar-refractivity contribution in [3.63, 3.8) is 0 Å². The molecule has 2 heterocycles. The van der Waals surface area contributed by atoms with Crippen molar-refractivity contribution in [1.82, 2.24) is 9.97 Å². The van der Waals surface area contributed by atoms with E-state index >= 15 is 0 Å². The molecule has 3 atom stereocenters. The number of pyridine rings is 2. The molecule has 174 valence electrons. The number of phosphoric ester groups is 1. The van der Waals surface area contributed by atoms with Crippen molar-refractivity contribution in [2.75, 3.05) is 34.3 Å². The molecule has 0 aliphatic carbocycles. The Labute approximate surface area is 185 Å². The molecule has 0 bridgehead atoms. The maximum Gasteiger partial charge on any atom is 0.340 e. The molecule has 0 aliphatic heterocycles. The Balaban J connectivity index is 2.17. The highest BCUT2D eigenvalue weighted by Crippen LogP contribution is 2.34. The summed E-state index contributed by atoms with van der Waals surface area (Å²) >= 11 is 0. The van der Waals surface area contributed by atoms with E-state index in [9.17, 15) is 23.9 Å². The first-order chi connectivity index (χ1) is 14.9. The molecule has 0 spiro atoms. The Morgan fingerprint density at radius 2 is 1.62 bits per heavy atom. The quantitative estimate of drug-likeness (QED) is 0.286. The normalized spacial score (nSPS) is 15.3. The third-order valence-corrected chi connectivity index (χ3v) is 4.59. The van der Waals surface area contributed by atoms with Crippen molar-refractivity contribution < 1.29 is 42.4 Å². The molecule has 0 saturated carbocycles. The van der Waals surface area contributed by atoms with Gasteiger partial charge in [-0.25, -0.2) is 9.59 Å². The van der Waals surface area contributed by atoms with E-state index in [-0.39, 0.29) is 30.7 Å². The van der Waals surface area contributed by atoms with Gasteiger partial charge in [0.05, 0.1) is 32.3 Å². The van der Waals surface area contributed by atoms with Gasteiger partial charge in [0.25, 0.3) is 7.82 Å². The summed E-state index contributed by atoms with van der Waals surface area (Å²) < 4.78 is 27.1. The number of aromatic nitrogens is 2. The third kappa shape index (κ3) is 9.63. The van der Waals surface area contributed by atoms with Crippen molar-refractivity contribution in [1.29, 1.82) is 0 Å². The van der Waals surface area contributed by atoms with Gasteiger partial charge in [0, 0.05) is 31.2 Å². The second kappa shape index (κ2) is 11.3. The fourth-order valence-electron chi connectivity index (χ4n) is 2.83. The number of quaternary nitrogens is 1. The minimum atomic E-state index is -5.07. The van der Waals surface area contributed by atoms with Crippen LogP contribution in [0, 0.1) is 0 Å². The monoisotopic (exact) mass is 467 g/mol. The average Bonchev–Trinajstić information content (AvgIpc) is 2.70. The molecule has 0 amide bonds. The number of hydrogen-bond acceptors (Lipinski definition) is 9. The van der Waals surface area contributed by atoms with Crippen molar-refractivity contribution in [3.8, 4) is 0 Å². The lowest BCUT2D eigenvalue weighted by Gasteiger charge is -2.32. The van der Waals surface area contributed by atoms with Crippen LogP contribution in [0.2, 0.25) is 0 Å². The number of carbonyl (C=O) groups excluding carboxylic acids is 2. The zero-order valence-electron chi connectivity index (χ0n) is 18.0. The maximum absolute atomic E-state index is 12.5. The Kier molecular flexibility index (Phi) is 8.99. The van der Waals surface area contributed by atoms with E-state index in [0.717, 1.165) is 0 Å². The molecule has 32 heavy (non-hydrogen) atoms. The topological polar surface area (TPSA) is 148 Å². The van der Waals surface area contributed by atoms with E-state index in [2.05, 4.69) is 9.97 Å². The molecule has 0 radical (unpaired) electrons. The number of rotatable bonds is 11. The smallest absolute Gasteiger partial charge is 0.340 e. The van der Waals surface area contributed by atoms with Gasteiger partial charge in [-0.05, 0) is 24.3 Å². The van der Waals surface area contributed by atoms with E-state index in [1.54, 1.807) is 33.3 Å². The minimum Gasteiger partial charge on any atom is -0.756 e. The lowest BCUT2D eigenvalue weighted by Crippen LogP contribution is -2.44. The molecule has 3 unspecified atom stereocenters. The van der Waals surface area contributed by atoms with Crippen LogP contribution in [0.3, 0.4) is 0 Å². The summed E-state index contributed by atoms with van der Waals surface area (Å²) in [5.41, 5.74) is 0.361. The summed E-state index contributed by atoms with van der Waals surface area (Å²) in [7, 11) is 0.314. The largest absolute Gasteiger partial charge is 0.756 e. The van der Waals surface area contributed by atoms with Crippen LogP contribution in [0.1, 0.15) is 27.1 Å². The second-order valence-electron chi connectivity index (χ2n) is 8.01. The maximum atomic E-state index is 12.5. The van der Waals surface area contributed by atoms with Crippen LogP contribution >= 0.6 is 7.82 Å². The Hall–Kier alpha value is -2.69. The number of esters is 2. The van der Waals surface area contributed by atoms with Gasteiger partial charge in [0.2, 0.25) is 0 Å². The molecule has 1 N–H and O–H groups in total. The van der Waals surface area contributed by atoms with Gasteiger partial charge in [-0.15, -0.1) is 0 Å². The Bertz CT molecular complexity index is 931. The molecule has 0 aromatic carbocycles. The molecule has 0 aliphatic rings. The highest BCUT2D eigenvalue weighted by molar-refractivity contribution is 7.44. The summed E-state index contributed by atoms with van der Waals surface area (Å²) in [6.07, 6.45) is 3.34. The predicted octanol–water partition coefficient (Wildman–Crippen LogP) is 0.801. The SMILES string of the molecule is C[N+](C)(C)CC(CC(COC(=O)c1cccnc1)OC(=O)c1cccnc1)OP(=O)([O-])O. The number of likely N-dealkylation sites (N-methyl/N-ethyl adjacent to an activating group) is 1. The number of nitrogens with zero attached hydrogens (tertiary/aromatic N) is 3. The van der Waals surface area contributed by atoms with Crippen molar-refractivity contribution in [3.05, 3.63) is 60.2 Å². The van der Waals surface area contributed by atoms with Gasteiger partial charge in [-0.2, -0.15) is 0 Å². The van der Waals surface area contributed by atoms with Crippen LogP contribution in [-0.4, -0.2) is 77.8 Å². The second-order valence-corrected chi connectivity index (χ2v) is 9.16. The van der Waals surface area contributed by atoms with Crippen LogP contribution in [-0.2, 0) is 18.6 Å². The molecule has 11 nitrogen and oxygen atoms in total. The summed E-state index contributed by atoms with van der Waals surface area (Å²) in [6.45, 7) is -0.213. The third-order valence-electron chi connectivity index (χ3n) is 4.03. The Morgan fingerprint density at radius 1 is 1.06 bits per heavy atom. The fourth-order valence-corrected chi connectivity index (χ4v) is 3.36. The molecular formula is C20H26N3O8P. The molecule has 2 aromatic rings. The molecule has 2 rings (SSSR count). The highest BCUT2D eigenvalue weighted by Gasteiger charge is 2.29. The van der Waals surface area contributed by atoms with Crippen molar-refractivity contribution >= 4 is 19.8 Å². The summed E-state index contributed by atoms with van der Waals surface area (Å²) in [5, 5.41) is 0. The van der Waals surface area contributed by atoms with E-state index in [4.69, 9.17) is 14.0 Å². The molecule has 0 fully saturated rings. The first kappa shape index (κ1) is 25.6. The van der Waals surface area contributed by atoms with Crippen LogP contribution in [0.15, 0.2) is 49.1 Å². The van der Waals surface area contributed by atoms with E-state index in [1.165, 1.54) is 36.9 Å². The van der Waals surface area contributed by atoms with Gasteiger partial charge >= 0.3 is 11.9 Å². The highest BCUT2D eigenvalue weighted by atomic mass is 31.2. The van der Waals surface area contributed by atoms with E-state index in [1.807, 2.05) is 0 Å². The molecule has 12 heteroatoms. The van der Waals surface area contributed by atoms with Gasteiger partial charge in [0.15, 0.2) is 0 Å². The van der Waals surface area contributed by atoms with Gasteiger partial charge < -0.3 is 28.3 Å². The van der Waals surface area contributed by atoms with Crippen molar-refractivity contribution in [2.24, 2.45) is 0 Å². The summed E-state index contributed by atoms with van der Waals surface area (Å²) in [6, 6.07) is 6.12. The van der Waals surface area contributed by atoms with E-state index < -0.39 is 32.0 Å². The van der Waals surface area contributed by atoms with Gasteiger partial charge in [-0.1, -0.05) is 0 Å². The molecule has 0 saturated heterocycles. The summed E-state index contributed by atoms with van der Waals surface area (Å²) in [5.74, 6) is -1.43. The van der Waals surface area contributed by atoms with Crippen LogP contribution in [0.5, 0.6) is 0 Å². The Morgan fingerprint density at radius 3 is 2.09 bits per heavy atom.